The summed E-state index contributed by atoms with van der Waals surface area (Å²) in [6, 6.07) is 20.0. The average molecular weight is 476 g/mol. The van der Waals surface area contributed by atoms with E-state index in [1.165, 1.54) is 7.11 Å². The zero-order valence-electron chi connectivity index (χ0n) is 18.6. The molecule has 0 atom stereocenters. The minimum atomic E-state index is -0.373. The fourth-order valence-corrected chi connectivity index (χ4v) is 3.46. The van der Waals surface area contributed by atoms with Crippen LogP contribution in [0.3, 0.4) is 0 Å². The average Bonchev–Trinajstić information content (AvgIpc) is 2.87. The highest BCUT2D eigenvalue weighted by molar-refractivity contribution is 6.31. The lowest BCUT2D eigenvalue weighted by Gasteiger charge is -2.11. The Balaban J connectivity index is 1.42. The summed E-state index contributed by atoms with van der Waals surface area (Å²) in [5.74, 6) is 0.809. The second-order valence-corrected chi connectivity index (χ2v) is 7.71. The number of esters is 1. The first-order chi connectivity index (χ1) is 16.6. The van der Waals surface area contributed by atoms with Crippen LogP contribution < -0.4 is 14.9 Å². The molecule has 0 aliphatic carbocycles. The summed E-state index contributed by atoms with van der Waals surface area (Å²) >= 11 is 6.05. The summed E-state index contributed by atoms with van der Waals surface area (Å²) in [6.45, 7) is 0.325. The third-order valence-electron chi connectivity index (χ3n) is 5.06. The van der Waals surface area contributed by atoms with Crippen molar-refractivity contribution in [1.82, 2.24) is 4.98 Å². The van der Waals surface area contributed by atoms with Crippen LogP contribution in [0.4, 0.5) is 5.69 Å². The molecule has 34 heavy (non-hydrogen) atoms. The molecular weight excluding hydrogens is 454 g/mol. The molecule has 3 aromatic carbocycles. The summed E-state index contributed by atoms with van der Waals surface area (Å²) in [5, 5.41) is 5.90. The Morgan fingerprint density at radius 2 is 1.85 bits per heavy atom. The number of benzene rings is 3. The minimum absolute atomic E-state index is 0.325. The Morgan fingerprint density at radius 3 is 2.62 bits per heavy atom. The van der Waals surface area contributed by atoms with Gasteiger partial charge in [0.2, 0.25) is 0 Å². The fourth-order valence-electron chi connectivity index (χ4n) is 3.29. The lowest BCUT2D eigenvalue weighted by molar-refractivity contribution is 0.0600. The van der Waals surface area contributed by atoms with E-state index in [9.17, 15) is 4.79 Å². The van der Waals surface area contributed by atoms with E-state index >= 15 is 0 Å². The highest BCUT2D eigenvalue weighted by atomic mass is 35.5. The van der Waals surface area contributed by atoms with Crippen molar-refractivity contribution in [2.75, 3.05) is 19.6 Å². The number of nitrogens with zero attached hydrogens (tertiary/aromatic N) is 2. The van der Waals surface area contributed by atoms with Crippen molar-refractivity contribution in [3.05, 3.63) is 94.6 Å². The van der Waals surface area contributed by atoms with E-state index in [0.29, 0.717) is 28.7 Å². The Labute approximate surface area is 201 Å². The van der Waals surface area contributed by atoms with Crippen LogP contribution in [0.2, 0.25) is 5.02 Å². The number of hydrazone groups is 1. The molecule has 0 radical (unpaired) electrons. The normalized spacial score (nSPS) is 10.9. The van der Waals surface area contributed by atoms with Crippen molar-refractivity contribution in [2.24, 2.45) is 5.10 Å². The molecule has 4 aromatic rings. The lowest BCUT2D eigenvalue weighted by atomic mass is 10.1. The fraction of sp³-hybridized carbons (Fsp3) is 0.115. The number of hydrogen-bond acceptors (Lipinski definition) is 7. The molecule has 8 heteroatoms. The third kappa shape index (κ3) is 5.44. The number of methoxy groups -OCH3 is 2. The van der Waals surface area contributed by atoms with Gasteiger partial charge in [-0.3, -0.25) is 10.4 Å². The zero-order valence-corrected chi connectivity index (χ0v) is 19.4. The molecule has 0 aliphatic heterocycles. The van der Waals surface area contributed by atoms with E-state index < -0.39 is 0 Å². The van der Waals surface area contributed by atoms with Crippen LogP contribution in [-0.2, 0) is 11.3 Å². The SMILES string of the molecule is COC(=O)c1ccc(COc2ccc(/C=N/Nc3ccnc4cc(Cl)ccc34)cc2OC)cc1. The topological polar surface area (TPSA) is 82.0 Å². The molecule has 4 rings (SSSR count). The number of carbonyl (C=O) groups excluding carboxylic acids is 1. The van der Waals surface area contributed by atoms with Gasteiger partial charge in [-0.05, 0) is 65.7 Å². The summed E-state index contributed by atoms with van der Waals surface area (Å²) in [5.41, 5.74) is 6.90. The number of rotatable bonds is 8. The molecule has 0 aliphatic rings. The molecule has 172 valence electrons. The van der Waals surface area contributed by atoms with Crippen molar-refractivity contribution < 1.29 is 19.0 Å². The molecule has 0 saturated carbocycles. The van der Waals surface area contributed by atoms with E-state index in [1.807, 2.05) is 54.6 Å². The first-order valence-electron chi connectivity index (χ1n) is 10.4. The quantitative estimate of drug-likeness (QED) is 0.200. The standard InChI is InChI=1S/C26H22ClN3O4/c1-32-25-13-18(15-29-30-22-11-12-28-23-14-20(27)8-9-21(22)23)5-10-24(25)34-16-17-3-6-19(7-4-17)26(31)33-2/h3-15H,16H2,1-2H3,(H,28,30)/b29-15+. The predicted molar refractivity (Wildman–Crippen MR) is 133 cm³/mol. The van der Waals surface area contributed by atoms with Gasteiger partial charge >= 0.3 is 5.97 Å². The third-order valence-corrected chi connectivity index (χ3v) is 5.30. The van der Waals surface area contributed by atoms with Gasteiger partial charge < -0.3 is 14.2 Å². The highest BCUT2D eigenvalue weighted by Gasteiger charge is 2.08. The Kier molecular flexibility index (Phi) is 7.25. The van der Waals surface area contributed by atoms with E-state index in [-0.39, 0.29) is 5.97 Å². The van der Waals surface area contributed by atoms with Crippen LogP contribution in [0.1, 0.15) is 21.5 Å². The van der Waals surface area contributed by atoms with Gasteiger partial charge in [-0.2, -0.15) is 5.10 Å². The molecule has 0 spiro atoms. The summed E-state index contributed by atoms with van der Waals surface area (Å²) in [4.78, 5) is 15.9. The second kappa shape index (κ2) is 10.7. The second-order valence-electron chi connectivity index (χ2n) is 7.28. The number of hydrogen-bond donors (Lipinski definition) is 1. The molecule has 1 N–H and O–H groups in total. The summed E-state index contributed by atoms with van der Waals surface area (Å²) in [6.07, 6.45) is 3.40. The van der Waals surface area contributed by atoms with Crippen LogP contribution in [0.5, 0.6) is 11.5 Å². The number of aromatic nitrogens is 1. The number of ether oxygens (including phenoxy) is 3. The largest absolute Gasteiger partial charge is 0.493 e. The molecule has 7 nitrogen and oxygen atoms in total. The van der Waals surface area contributed by atoms with Crippen molar-refractivity contribution in [1.29, 1.82) is 0 Å². The maximum Gasteiger partial charge on any atom is 0.337 e. The van der Waals surface area contributed by atoms with Crippen LogP contribution in [0, 0.1) is 0 Å². The van der Waals surface area contributed by atoms with Crippen LogP contribution in [0.15, 0.2) is 78.0 Å². The molecule has 0 fully saturated rings. The van der Waals surface area contributed by atoms with E-state index in [1.54, 1.807) is 31.7 Å². The van der Waals surface area contributed by atoms with Gasteiger partial charge in [0.1, 0.15) is 6.61 Å². The van der Waals surface area contributed by atoms with Gasteiger partial charge in [0.25, 0.3) is 0 Å². The van der Waals surface area contributed by atoms with Crippen molar-refractivity contribution in [2.45, 2.75) is 6.61 Å². The number of anilines is 1. The first kappa shape index (κ1) is 23.1. The van der Waals surface area contributed by atoms with Crippen LogP contribution in [-0.4, -0.2) is 31.4 Å². The monoisotopic (exact) mass is 475 g/mol. The lowest BCUT2D eigenvalue weighted by Crippen LogP contribution is -2.02. The maximum absolute atomic E-state index is 11.6. The van der Waals surface area contributed by atoms with Gasteiger partial charge in [0.05, 0.1) is 37.2 Å². The van der Waals surface area contributed by atoms with Gasteiger partial charge in [0, 0.05) is 16.6 Å². The van der Waals surface area contributed by atoms with Crippen molar-refractivity contribution in [3.63, 3.8) is 0 Å². The Bertz CT molecular complexity index is 1340. The number of nitrogens with one attached hydrogen (secondary N) is 1. The first-order valence-corrected chi connectivity index (χ1v) is 10.8. The summed E-state index contributed by atoms with van der Waals surface area (Å²) < 4.78 is 16.1. The van der Waals surface area contributed by atoms with Crippen molar-refractivity contribution >= 4 is 40.4 Å². The van der Waals surface area contributed by atoms with Gasteiger partial charge in [-0.25, -0.2) is 4.79 Å². The molecule has 1 aromatic heterocycles. The highest BCUT2D eigenvalue weighted by Crippen LogP contribution is 2.29. The van der Waals surface area contributed by atoms with Gasteiger partial charge in [-0.15, -0.1) is 0 Å². The van der Waals surface area contributed by atoms with E-state index in [2.05, 4.69) is 15.5 Å². The number of fused-ring (bicyclic) bond motifs is 1. The smallest absolute Gasteiger partial charge is 0.337 e. The predicted octanol–water partition coefficient (Wildman–Crippen LogP) is 5.71. The zero-order chi connectivity index (χ0) is 23.9. The molecule has 1 heterocycles. The molecule has 0 bridgehead atoms. The molecule has 0 saturated heterocycles. The van der Waals surface area contributed by atoms with E-state index in [4.69, 9.17) is 25.8 Å². The number of carbonyl (C=O) groups is 1. The van der Waals surface area contributed by atoms with Gasteiger partial charge in [0.15, 0.2) is 11.5 Å². The van der Waals surface area contributed by atoms with Crippen LogP contribution >= 0.6 is 11.6 Å². The van der Waals surface area contributed by atoms with Crippen molar-refractivity contribution in [3.8, 4) is 11.5 Å². The number of halogens is 1. The van der Waals surface area contributed by atoms with E-state index in [0.717, 1.165) is 27.7 Å². The van der Waals surface area contributed by atoms with Gasteiger partial charge in [-0.1, -0.05) is 23.7 Å². The van der Waals surface area contributed by atoms with Crippen LogP contribution in [0.25, 0.3) is 10.9 Å². The Morgan fingerprint density at radius 1 is 1.03 bits per heavy atom. The molecule has 0 unspecified atom stereocenters. The minimum Gasteiger partial charge on any atom is -0.493 e. The number of pyridine rings is 1. The Hall–Kier alpha value is -4.10. The molecular formula is C26H22ClN3O4. The summed E-state index contributed by atoms with van der Waals surface area (Å²) in [7, 11) is 2.94. The molecule has 0 amide bonds. The maximum atomic E-state index is 11.6.